The molecule has 1 aliphatic rings. The van der Waals surface area contributed by atoms with Gasteiger partial charge in [-0.2, -0.15) is 5.10 Å². The maximum atomic E-state index is 10.0. The smallest absolute Gasteiger partial charge is 0.241 e. The average Bonchev–Trinajstić information content (AvgIpc) is 3.44. The van der Waals surface area contributed by atoms with Crippen molar-refractivity contribution >= 4 is 11.5 Å². The van der Waals surface area contributed by atoms with Crippen molar-refractivity contribution in [2.45, 2.75) is 64.1 Å². The van der Waals surface area contributed by atoms with Crippen molar-refractivity contribution in [2.24, 2.45) is 0 Å². The molecule has 4 aromatic heterocycles. The number of hydrogen-bond acceptors (Lipinski definition) is 8. The van der Waals surface area contributed by atoms with Crippen molar-refractivity contribution in [3.8, 4) is 11.1 Å². The number of methoxy groups -OCH3 is 1. The maximum Gasteiger partial charge on any atom is 0.241 e. The van der Waals surface area contributed by atoms with Crippen LogP contribution in [0, 0.1) is 6.92 Å². The zero-order valence-electron chi connectivity index (χ0n) is 20.4. The number of ether oxygens (including phenoxy) is 1. The minimum atomic E-state index is -0.207. The first-order valence-electron chi connectivity index (χ1n) is 12.1. The Bertz CT molecular complexity index is 1290. The molecule has 0 spiro atoms. The average molecular weight is 477 g/mol. The lowest BCUT2D eigenvalue weighted by atomic mass is 9.85. The first kappa shape index (κ1) is 23.4. The number of aliphatic hydroxyl groups excluding tert-OH is 1. The molecule has 1 atom stereocenters. The lowest BCUT2D eigenvalue weighted by Gasteiger charge is -2.25. The van der Waals surface area contributed by atoms with Crippen LogP contribution in [0.4, 0.5) is 5.95 Å². The van der Waals surface area contributed by atoms with Gasteiger partial charge in [-0.15, -0.1) is 5.10 Å². The quantitative estimate of drug-likeness (QED) is 0.398. The van der Waals surface area contributed by atoms with Crippen LogP contribution in [0.1, 0.15) is 55.6 Å². The molecular formula is C25H32N8O2. The van der Waals surface area contributed by atoms with Crippen molar-refractivity contribution in [1.29, 1.82) is 0 Å². The van der Waals surface area contributed by atoms with E-state index in [1.165, 1.54) is 0 Å². The van der Waals surface area contributed by atoms with Gasteiger partial charge in [0.1, 0.15) is 0 Å². The first-order valence-corrected chi connectivity index (χ1v) is 12.1. The summed E-state index contributed by atoms with van der Waals surface area (Å²) in [6, 6.07) is 2.30. The van der Waals surface area contributed by atoms with E-state index in [2.05, 4.69) is 31.4 Å². The molecule has 0 amide bonds. The Morgan fingerprint density at radius 2 is 2.00 bits per heavy atom. The van der Waals surface area contributed by atoms with Crippen molar-refractivity contribution in [1.82, 2.24) is 34.3 Å². The highest BCUT2D eigenvalue weighted by molar-refractivity contribution is 5.81. The van der Waals surface area contributed by atoms with E-state index in [1.807, 2.05) is 41.6 Å². The number of aryl methyl sites for hydroxylation is 1. The summed E-state index contributed by atoms with van der Waals surface area (Å²) in [6.45, 7) is 5.09. The molecular weight excluding hydrogens is 444 g/mol. The number of nitrogens with zero attached hydrogens (tertiary/aromatic N) is 7. The van der Waals surface area contributed by atoms with E-state index >= 15 is 0 Å². The Morgan fingerprint density at radius 3 is 2.77 bits per heavy atom. The van der Waals surface area contributed by atoms with E-state index < -0.39 is 0 Å². The Labute approximate surface area is 204 Å². The zero-order valence-corrected chi connectivity index (χ0v) is 20.4. The lowest BCUT2D eigenvalue weighted by Crippen LogP contribution is -2.23. The van der Waals surface area contributed by atoms with Crippen molar-refractivity contribution < 1.29 is 9.84 Å². The molecule has 0 aliphatic heterocycles. The van der Waals surface area contributed by atoms with Crippen LogP contribution < -0.4 is 5.32 Å². The van der Waals surface area contributed by atoms with Crippen LogP contribution in [0.2, 0.25) is 0 Å². The minimum absolute atomic E-state index is 0.0868. The van der Waals surface area contributed by atoms with Crippen LogP contribution in [0.15, 0.2) is 37.1 Å². The molecule has 10 heteroatoms. The fourth-order valence-corrected chi connectivity index (χ4v) is 4.83. The van der Waals surface area contributed by atoms with Crippen LogP contribution in [0.3, 0.4) is 0 Å². The van der Waals surface area contributed by atoms with E-state index in [1.54, 1.807) is 19.5 Å². The summed E-state index contributed by atoms with van der Waals surface area (Å²) >= 11 is 0. The highest BCUT2D eigenvalue weighted by Crippen LogP contribution is 2.37. The molecule has 35 heavy (non-hydrogen) atoms. The van der Waals surface area contributed by atoms with Gasteiger partial charge >= 0.3 is 0 Å². The second-order valence-corrected chi connectivity index (χ2v) is 9.45. The summed E-state index contributed by atoms with van der Waals surface area (Å²) in [7, 11) is 1.68. The van der Waals surface area contributed by atoms with E-state index in [9.17, 15) is 5.11 Å². The predicted octanol–water partition coefficient (Wildman–Crippen LogP) is 3.20. The van der Waals surface area contributed by atoms with Crippen molar-refractivity contribution in [3.63, 3.8) is 0 Å². The van der Waals surface area contributed by atoms with Gasteiger partial charge in [-0.1, -0.05) is 0 Å². The van der Waals surface area contributed by atoms with Crippen LogP contribution in [0.5, 0.6) is 0 Å². The van der Waals surface area contributed by atoms with Gasteiger partial charge in [0.25, 0.3) is 0 Å². The molecule has 1 aliphatic carbocycles. The number of anilines is 1. The van der Waals surface area contributed by atoms with Crippen LogP contribution in [0.25, 0.3) is 16.6 Å². The maximum absolute atomic E-state index is 10.0. The number of nitrogens with one attached hydrogen (secondary N) is 1. The topological polar surface area (TPSA) is 115 Å². The molecule has 0 bridgehead atoms. The van der Waals surface area contributed by atoms with Gasteiger partial charge < -0.3 is 15.2 Å². The molecule has 10 nitrogen and oxygen atoms in total. The fraction of sp³-hybridized carbons (Fsp3) is 0.480. The van der Waals surface area contributed by atoms with Gasteiger partial charge in [-0.3, -0.25) is 14.6 Å². The fourth-order valence-electron chi connectivity index (χ4n) is 4.83. The molecule has 0 saturated heterocycles. The number of aliphatic hydroxyl groups is 1. The van der Waals surface area contributed by atoms with Crippen molar-refractivity contribution in [3.05, 3.63) is 54.1 Å². The summed E-state index contributed by atoms with van der Waals surface area (Å²) in [4.78, 5) is 13.4. The summed E-state index contributed by atoms with van der Waals surface area (Å²) in [6.07, 6.45) is 12.6. The molecule has 2 N–H and O–H groups in total. The second kappa shape index (κ2) is 10.1. The van der Waals surface area contributed by atoms with Gasteiger partial charge in [0.05, 0.1) is 54.8 Å². The van der Waals surface area contributed by atoms with E-state index in [-0.39, 0.29) is 12.1 Å². The minimum Gasteiger partial charge on any atom is -0.393 e. The summed E-state index contributed by atoms with van der Waals surface area (Å²) < 4.78 is 9.13. The molecule has 0 radical (unpaired) electrons. The molecule has 4 heterocycles. The van der Waals surface area contributed by atoms with E-state index in [0.29, 0.717) is 25.0 Å². The molecule has 184 valence electrons. The molecule has 1 saturated carbocycles. The Morgan fingerprint density at radius 1 is 1.17 bits per heavy atom. The van der Waals surface area contributed by atoms with E-state index in [4.69, 9.17) is 9.84 Å². The third-order valence-electron chi connectivity index (χ3n) is 6.53. The Kier molecular flexibility index (Phi) is 6.74. The number of fused-ring (bicyclic) bond motifs is 1. The van der Waals surface area contributed by atoms with Gasteiger partial charge in [0.15, 0.2) is 0 Å². The van der Waals surface area contributed by atoms with Gasteiger partial charge in [-0.25, -0.2) is 9.50 Å². The monoisotopic (exact) mass is 476 g/mol. The van der Waals surface area contributed by atoms with Gasteiger partial charge in [0.2, 0.25) is 5.95 Å². The summed E-state index contributed by atoms with van der Waals surface area (Å²) in [5.74, 6) is 0.895. The third kappa shape index (κ3) is 5.18. The highest BCUT2D eigenvalue weighted by Gasteiger charge is 2.26. The molecule has 0 aromatic carbocycles. The Hall–Kier alpha value is -3.37. The number of hydrogen-bond donors (Lipinski definition) is 2. The lowest BCUT2D eigenvalue weighted by molar-refractivity contribution is 0.121. The molecule has 0 unspecified atom stereocenters. The molecule has 4 aromatic rings. The number of aromatic nitrogens is 7. The second-order valence-electron chi connectivity index (χ2n) is 9.45. The largest absolute Gasteiger partial charge is 0.393 e. The van der Waals surface area contributed by atoms with Crippen LogP contribution in [-0.2, 0) is 11.3 Å². The molecule has 5 rings (SSSR count). The summed E-state index contributed by atoms with van der Waals surface area (Å²) in [5.41, 5.74) is 5.88. The third-order valence-corrected chi connectivity index (χ3v) is 6.53. The SMILES string of the molecule is COC[C@H](C)Nc1ncc2c(-c3cnn(Cc4cncc(C)n4)c3)cc([C@H]3CC[C@H](O)CC3)n2n1. The van der Waals surface area contributed by atoms with Crippen molar-refractivity contribution in [2.75, 3.05) is 19.0 Å². The summed E-state index contributed by atoms with van der Waals surface area (Å²) in [5, 5.41) is 22.8. The van der Waals surface area contributed by atoms with Gasteiger partial charge in [-0.05, 0) is 45.6 Å². The number of rotatable bonds is 8. The normalized spacial score (nSPS) is 19.2. The first-order chi connectivity index (χ1) is 17.0. The van der Waals surface area contributed by atoms with E-state index in [0.717, 1.165) is 59.4 Å². The zero-order chi connectivity index (χ0) is 24.4. The Balaban J connectivity index is 1.49. The van der Waals surface area contributed by atoms with Crippen LogP contribution in [-0.4, -0.2) is 65.3 Å². The van der Waals surface area contributed by atoms with Gasteiger partial charge in [0, 0.05) is 48.3 Å². The van der Waals surface area contributed by atoms with Crippen LogP contribution >= 0.6 is 0 Å². The molecule has 1 fully saturated rings. The standard InChI is InChI=1S/C25H32N8O2/c1-16-9-26-11-20(29-16)14-32-13-19(10-28-32)22-8-23(18-4-6-21(34)7-5-18)33-24(22)12-27-25(31-33)30-17(2)15-35-3/h8-13,17-18,21,34H,4-7,14-15H2,1-3H3,(H,30,31)/t17-,18-,21-/m0/s1. The predicted molar refractivity (Wildman–Crippen MR) is 132 cm³/mol. The highest BCUT2D eigenvalue weighted by atomic mass is 16.5.